The highest BCUT2D eigenvalue weighted by Gasteiger charge is 2.23. The Labute approximate surface area is 209 Å². The number of anilines is 1. The van der Waals surface area contributed by atoms with Gasteiger partial charge in [0.25, 0.3) is 5.91 Å². The van der Waals surface area contributed by atoms with E-state index in [0.717, 1.165) is 42.8 Å². The first-order valence-corrected chi connectivity index (χ1v) is 11.8. The molecule has 3 rings (SSSR count). The van der Waals surface area contributed by atoms with Crippen LogP contribution in [0.2, 0.25) is 10.0 Å². The highest BCUT2D eigenvalue weighted by atomic mass is 35.5. The van der Waals surface area contributed by atoms with Gasteiger partial charge in [0.05, 0.1) is 15.6 Å². The number of pyridine rings is 1. The molecular formula is C26H27Cl2N3O3. The molecular weight excluding hydrogens is 473 g/mol. The molecule has 0 aliphatic rings. The van der Waals surface area contributed by atoms with Crippen molar-refractivity contribution < 1.29 is 14.7 Å². The fourth-order valence-electron chi connectivity index (χ4n) is 3.62. The third-order valence-corrected chi connectivity index (χ3v) is 6.10. The summed E-state index contributed by atoms with van der Waals surface area (Å²) >= 11 is 12.1. The van der Waals surface area contributed by atoms with Crippen molar-refractivity contribution in [3.05, 3.63) is 93.1 Å². The van der Waals surface area contributed by atoms with Crippen LogP contribution in [0.4, 0.5) is 5.82 Å². The lowest BCUT2D eigenvalue weighted by atomic mass is 10.0. The van der Waals surface area contributed by atoms with Crippen LogP contribution in [0.3, 0.4) is 0 Å². The van der Waals surface area contributed by atoms with Crippen LogP contribution in [-0.4, -0.2) is 35.1 Å². The fourth-order valence-corrected chi connectivity index (χ4v) is 4.19. The number of benzene rings is 2. The lowest BCUT2D eigenvalue weighted by Crippen LogP contribution is -2.42. The summed E-state index contributed by atoms with van der Waals surface area (Å²) in [5.41, 5.74) is 3.14. The zero-order valence-electron chi connectivity index (χ0n) is 18.9. The number of aryl methyl sites for hydroxylation is 2. The topological polar surface area (TPSA) is 91.3 Å². The van der Waals surface area contributed by atoms with E-state index in [1.807, 2.05) is 49.5 Å². The second-order valence-corrected chi connectivity index (χ2v) is 8.77. The molecule has 1 atom stereocenters. The van der Waals surface area contributed by atoms with E-state index in [1.165, 1.54) is 17.7 Å². The van der Waals surface area contributed by atoms with Crippen molar-refractivity contribution >= 4 is 40.9 Å². The number of aromatic nitrogens is 1. The maximum atomic E-state index is 12.6. The number of carbonyl (C=O) groups excluding carboxylic acids is 1. The van der Waals surface area contributed by atoms with E-state index < -0.39 is 17.9 Å². The van der Waals surface area contributed by atoms with Gasteiger partial charge in [-0.25, -0.2) is 9.78 Å². The average molecular weight is 500 g/mol. The van der Waals surface area contributed by atoms with Gasteiger partial charge in [-0.3, -0.25) is 4.79 Å². The third-order valence-electron chi connectivity index (χ3n) is 5.47. The summed E-state index contributed by atoms with van der Waals surface area (Å²) in [5.74, 6) is -0.871. The van der Waals surface area contributed by atoms with Crippen LogP contribution in [0, 0.1) is 0 Å². The Bertz CT molecular complexity index is 1120. The smallest absolute Gasteiger partial charge is 0.326 e. The Morgan fingerprint density at radius 2 is 1.53 bits per heavy atom. The second-order valence-electron chi connectivity index (χ2n) is 7.95. The van der Waals surface area contributed by atoms with E-state index in [0.29, 0.717) is 0 Å². The summed E-state index contributed by atoms with van der Waals surface area (Å²) in [4.78, 5) is 28.9. The quantitative estimate of drug-likeness (QED) is 0.306. The van der Waals surface area contributed by atoms with Gasteiger partial charge in [0.15, 0.2) is 0 Å². The minimum Gasteiger partial charge on any atom is -0.480 e. The van der Waals surface area contributed by atoms with Gasteiger partial charge in [-0.1, -0.05) is 59.6 Å². The Kier molecular flexibility index (Phi) is 9.31. The molecule has 0 spiro atoms. The fraction of sp³-hybridized carbons (Fsp3) is 0.269. The Balaban J connectivity index is 1.52. The van der Waals surface area contributed by atoms with Crippen molar-refractivity contribution in [2.75, 3.05) is 12.4 Å². The predicted octanol–water partition coefficient (Wildman–Crippen LogP) is 5.42. The number of aliphatic carboxylic acids is 1. The average Bonchev–Trinajstić information content (AvgIpc) is 2.82. The van der Waals surface area contributed by atoms with Crippen molar-refractivity contribution in [2.24, 2.45) is 0 Å². The molecule has 3 aromatic rings. The zero-order chi connectivity index (χ0) is 24.5. The molecule has 178 valence electrons. The number of nitrogens with one attached hydrogen (secondary N) is 2. The van der Waals surface area contributed by atoms with Gasteiger partial charge in [0, 0.05) is 19.2 Å². The summed E-state index contributed by atoms with van der Waals surface area (Å²) in [7, 11) is 1.86. The van der Waals surface area contributed by atoms with Crippen molar-refractivity contribution in [1.29, 1.82) is 0 Å². The highest BCUT2D eigenvalue weighted by Crippen LogP contribution is 2.24. The summed E-state index contributed by atoms with van der Waals surface area (Å²) < 4.78 is 0. The summed E-state index contributed by atoms with van der Waals surface area (Å²) in [6.07, 6.45) is 4.05. The number of carboxylic acids is 1. The molecule has 0 unspecified atom stereocenters. The minimum atomic E-state index is -1.13. The predicted molar refractivity (Wildman–Crippen MR) is 136 cm³/mol. The molecule has 8 heteroatoms. The van der Waals surface area contributed by atoms with Crippen LogP contribution in [-0.2, 0) is 24.1 Å². The molecule has 0 fully saturated rings. The molecule has 0 saturated carbocycles. The molecule has 0 bridgehead atoms. The monoisotopic (exact) mass is 499 g/mol. The third kappa shape index (κ3) is 7.20. The molecule has 0 aliphatic heterocycles. The lowest BCUT2D eigenvalue weighted by molar-refractivity contribution is -0.139. The number of halogens is 2. The Morgan fingerprint density at radius 1 is 0.912 bits per heavy atom. The first-order chi connectivity index (χ1) is 16.4. The van der Waals surface area contributed by atoms with Crippen molar-refractivity contribution in [1.82, 2.24) is 10.3 Å². The van der Waals surface area contributed by atoms with E-state index in [9.17, 15) is 14.7 Å². The minimum absolute atomic E-state index is 0.0697. The van der Waals surface area contributed by atoms with Crippen LogP contribution in [0.1, 0.15) is 40.0 Å². The maximum absolute atomic E-state index is 12.6. The van der Waals surface area contributed by atoms with Gasteiger partial charge in [0.1, 0.15) is 11.9 Å². The van der Waals surface area contributed by atoms with E-state index in [4.69, 9.17) is 23.2 Å². The number of unbranched alkanes of at least 4 members (excludes halogenated alkanes) is 1. The molecule has 1 amide bonds. The SMILES string of the molecule is CNc1cccc(CCCCc2ccc(C[C@H](NC(=O)c3c(Cl)cccc3Cl)C(=O)O)cc2)n1. The molecule has 1 heterocycles. The molecule has 34 heavy (non-hydrogen) atoms. The number of hydrogen-bond donors (Lipinski definition) is 3. The number of hydrogen-bond acceptors (Lipinski definition) is 4. The summed E-state index contributed by atoms with van der Waals surface area (Å²) in [6, 6.07) is 17.4. The molecule has 2 aromatic carbocycles. The van der Waals surface area contributed by atoms with Crippen molar-refractivity contribution in [3.63, 3.8) is 0 Å². The zero-order valence-corrected chi connectivity index (χ0v) is 20.4. The number of nitrogens with zero attached hydrogens (tertiary/aromatic N) is 1. The van der Waals surface area contributed by atoms with Crippen LogP contribution < -0.4 is 10.6 Å². The molecule has 6 nitrogen and oxygen atoms in total. The summed E-state index contributed by atoms with van der Waals surface area (Å²) in [5, 5.41) is 15.5. The van der Waals surface area contributed by atoms with E-state index in [1.54, 1.807) is 6.07 Å². The van der Waals surface area contributed by atoms with Gasteiger partial charge in [-0.15, -0.1) is 0 Å². The Morgan fingerprint density at radius 3 is 2.18 bits per heavy atom. The standard InChI is InChI=1S/C26H27Cl2N3O3/c1-29-23-11-4-8-19(30-23)7-3-2-6-17-12-14-18(15-13-17)16-22(26(33)34)31-25(32)24-20(27)9-5-10-21(24)28/h4-5,8-15,22H,2-3,6-7,16H2,1H3,(H,29,30)(H,31,32)(H,33,34)/t22-/m0/s1. The first-order valence-electron chi connectivity index (χ1n) is 11.1. The first kappa shape index (κ1) is 25.5. The number of amides is 1. The highest BCUT2D eigenvalue weighted by molar-refractivity contribution is 6.39. The lowest BCUT2D eigenvalue weighted by Gasteiger charge is -2.16. The normalized spacial score (nSPS) is 11.6. The van der Waals surface area contributed by atoms with E-state index >= 15 is 0 Å². The van der Waals surface area contributed by atoms with Gasteiger partial charge >= 0.3 is 5.97 Å². The van der Waals surface area contributed by atoms with Crippen LogP contribution >= 0.6 is 23.2 Å². The van der Waals surface area contributed by atoms with E-state index in [-0.39, 0.29) is 22.0 Å². The number of rotatable bonds is 11. The molecule has 3 N–H and O–H groups in total. The number of carboxylic acid groups (broad SMARTS) is 1. The second kappa shape index (κ2) is 12.4. The van der Waals surface area contributed by atoms with Gasteiger partial charge in [-0.2, -0.15) is 0 Å². The van der Waals surface area contributed by atoms with Gasteiger partial charge in [0.2, 0.25) is 0 Å². The molecule has 0 radical (unpaired) electrons. The van der Waals surface area contributed by atoms with Crippen LogP contribution in [0.25, 0.3) is 0 Å². The largest absolute Gasteiger partial charge is 0.480 e. The van der Waals surface area contributed by atoms with Crippen LogP contribution in [0.5, 0.6) is 0 Å². The number of carbonyl (C=O) groups is 2. The maximum Gasteiger partial charge on any atom is 0.326 e. The van der Waals surface area contributed by atoms with Gasteiger partial charge in [-0.05, 0) is 61.1 Å². The summed E-state index contributed by atoms with van der Waals surface area (Å²) in [6.45, 7) is 0. The molecule has 1 aromatic heterocycles. The molecule has 0 saturated heterocycles. The molecule has 0 aliphatic carbocycles. The van der Waals surface area contributed by atoms with Crippen LogP contribution in [0.15, 0.2) is 60.7 Å². The Hall–Kier alpha value is -3.09. The van der Waals surface area contributed by atoms with Crippen molar-refractivity contribution in [3.8, 4) is 0 Å². The van der Waals surface area contributed by atoms with Gasteiger partial charge < -0.3 is 15.7 Å². The van der Waals surface area contributed by atoms with E-state index in [2.05, 4.69) is 15.6 Å². The van der Waals surface area contributed by atoms with Crippen molar-refractivity contribution in [2.45, 2.75) is 38.1 Å².